The van der Waals surface area contributed by atoms with Crippen molar-refractivity contribution in [3.63, 3.8) is 0 Å². The Kier molecular flexibility index (Phi) is 7.38. The van der Waals surface area contributed by atoms with Crippen molar-refractivity contribution in [3.05, 3.63) is 35.6 Å². The first-order chi connectivity index (χ1) is 11.2. The maximum Gasteiger partial charge on any atom is 0.223 e. The molecule has 1 amide bonds. The predicted octanol–water partition coefficient (Wildman–Crippen LogP) is 3.38. The Labute approximate surface area is 154 Å². The maximum atomic E-state index is 13.5. The van der Waals surface area contributed by atoms with Crippen molar-refractivity contribution < 1.29 is 9.18 Å². The van der Waals surface area contributed by atoms with Crippen molar-refractivity contribution in [2.75, 3.05) is 25.4 Å². The summed E-state index contributed by atoms with van der Waals surface area (Å²) in [5, 5.41) is 6.44. The average molecular weight is 373 g/mol. The summed E-state index contributed by atoms with van der Waals surface area (Å²) in [4.78, 5) is 12.2. The summed E-state index contributed by atoms with van der Waals surface area (Å²) in [6.45, 7) is 2.83. The number of piperidine rings is 1. The lowest BCUT2D eigenvalue weighted by Crippen LogP contribution is -2.34. The number of carbonyl (C=O) groups excluding carboxylic acids is 1. The molecule has 2 aliphatic rings. The Morgan fingerprint density at radius 3 is 2.83 bits per heavy atom. The highest BCUT2D eigenvalue weighted by atomic mass is 35.5. The van der Waals surface area contributed by atoms with Crippen molar-refractivity contribution in [1.82, 2.24) is 10.6 Å². The van der Waals surface area contributed by atoms with Crippen LogP contribution in [0.3, 0.4) is 0 Å². The van der Waals surface area contributed by atoms with Crippen molar-refractivity contribution >= 4 is 30.1 Å². The normalized spacial score (nSPS) is 21.1. The van der Waals surface area contributed by atoms with Crippen LogP contribution < -0.4 is 10.6 Å². The Balaban J connectivity index is 0.00000208. The molecule has 1 unspecified atom stereocenters. The highest BCUT2D eigenvalue weighted by Gasteiger charge is 2.57. The molecular weight excluding hydrogens is 347 g/mol. The van der Waals surface area contributed by atoms with Gasteiger partial charge in [-0.25, -0.2) is 4.39 Å². The molecule has 1 saturated heterocycles. The second-order valence-electron chi connectivity index (χ2n) is 6.66. The molecule has 1 spiro atoms. The van der Waals surface area contributed by atoms with Gasteiger partial charge in [0.2, 0.25) is 5.91 Å². The SMILES string of the molecule is Cl.O=C(NCCCSCc1ccccc1F)C1CC12CCNCC2. The van der Waals surface area contributed by atoms with Gasteiger partial charge < -0.3 is 10.6 Å². The fraction of sp³-hybridized carbons (Fsp3) is 0.611. The molecule has 2 N–H and O–H groups in total. The first kappa shape index (κ1) is 19.5. The van der Waals surface area contributed by atoms with Gasteiger partial charge in [-0.1, -0.05) is 18.2 Å². The second kappa shape index (κ2) is 9.07. The van der Waals surface area contributed by atoms with Gasteiger partial charge in [0, 0.05) is 18.2 Å². The topological polar surface area (TPSA) is 41.1 Å². The van der Waals surface area contributed by atoms with Gasteiger partial charge in [0.25, 0.3) is 0 Å². The Bertz CT molecular complexity index is 552. The molecule has 24 heavy (non-hydrogen) atoms. The summed E-state index contributed by atoms with van der Waals surface area (Å²) in [6, 6.07) is 6.91. The van der Waals surface area contributed by atoms with Gasteiger partial charge in [-0.05, 0) is 61.6 Å². The monoisotopic (exact) mass is 372 g/mol. The molecule has 1 atom stereocenters. The van der Waals surface area contributed by atoms with Crippen LogP contribution in [0, 0.1) is 17.2 Å². The van der Waals surface area contributed by atoms with E-state index in [-0.39, 0.29) is 30.0 Å². The summed E-state index contributed by atoms with van der Waals surface area (Å²) < 4.78 is 13.5. The molecule has 1 heterocycles. The average Bonchev–Trinajstić information content (AvgIpc) is 3.26. The molecule has 1 aromatic rings. The van der Waals surface area contributed by atoms with Crippen LogP contribution in [0.5, 0.6) is 0 Å². The van der Waals surface area contributed by atoms with Gasteiger partial charge in [0.1, 0.15) is 5.82 Å². The molecule has 134 valence electrons. The first-order valence-electron chi connectivity index (χ1n) is 8.51. The number of rotatable bonds is 7. The molecule has 6 heteroatoms. The third-order valence-electron chi connectivity index (χ3n) is 5.09. The van der Waals surface area contributed by atoms with E-state index in [4.69, 9.17) is 0 Å². The second-order valence-corrected chi connectivity index (χ2v) is 7.76. The summed E-state index contributed by atoms with van der Waals surface area (Å²) in [5.41, 5.74) is 1.07. The maximum absolute atomic E-state index is 13.5. The van der Waals surface area contributed by atoms with Gasteiger partial charge in [0.05, 0.1) is 0 Å². The van der Waals surface area contributed by atoms with Gasteiger partial charge in [-0.2, -0.15) is 11.8 Å². The van der Waals surface area contributed by atoms with Crippen molar-refractivity contribution in [2.24, 2.45) is 11.3 Å². The van der Waals surface area contributed by atoms with E-state index in [1.165, 1.54) is 6.07 Å². The lowest BCUT2D eigenvalue weighted by Gasteiger charge is -2.23. The molecule has 2 fully saturated rings. The van der Waals surface area contributed by atoms with Gasteiger partial charge in [0.15, 0.2) is 0 Å². The molecule has 1 aliphatic carbocycles. The molecule has 1 aliphatic heterocycles. The van der Waals surface area contributed by atoms with Crippen molar-refractivity contribution in [1.29, 1.82) is 0 Å². The minimum absolute atomic E-state index is 0. The van der Waals surface area contributed by atoms with E-state index in [1.54, 1.807) is 17.8 Å². The van der Waals surface area contributed by atoms with Crippen LogP contribution in [-0.2, 0) is 10.5 Å². The van der Waals surface area contributed by atoms with E-state index in [1.807, 2.05) is 12.1 Å². The fourth-order valence-electron chi connectivity index (χ4n) is 3.50. The zero-order valence-electron chi connectivity index (χ0n) is 13.9. The third-order valence-corrected chi connectivity index (χ3v) is 6.18. The molecule has 3 rings (SSSR count). The smallest absolute Gasteiger partial charge is 0.223 e. The summed E-state index contributed by atoms with van der Waals surface area (Å²) in [5.74, 6) is 1.99. The number of halogens is 2. The summed E-state index contributed by atoms with van der Waals surface area (Å²) >= 11 is 1.72. The van der Waals surface area contributed by atoms with E-state index < -0.39 is 0 Å². The van der Waals surface area contributed by atoms with Crippen LogP contribution in [0.2, 0.25) is 0 Å². The van der Waals surface area contributed by atoms with E-state index >= 15 is 0 Å². The Morgan fingerprint density at radius 1 is 1.33 bits per heavy atom. The van der Waals surface area contributed by atoms with Crippen molar-refractivity contribution in [2.45, 2.75) is 31.4 Å². The molecule has 0 radical (unpaired) electrons. The highest BCUT2D eigenvalue weighted by molar-refractivity contribution is 7.98. The van der Waals surface area contributed by atoms with Crippen LogP contribution in [0.15, 0.2) is 24.3 Å². The van der Waals surface area contributed by atoms with Crippen LogP contribution in [0.1, 0.15) is 31.2 Å². The Hall–Kier alpha value is -0.780. The number of thioether (sulfide) groups is 1. The molecule has 1 aromatic carbocycles. The molecular formula is C18H26ClFN2OS. The summed E-state index contributed by atoms with van der Waals surface area (Å²) in [6.07, 6.45) is 4.29. The minimum atomic E-state index is -0.130. The number of nitrogens with one attached hydrogen (secondary N) is 2. The molecule has 0 aromatic heterocycles. The van der Waals surface area contributed by atoms with Gasteiger partial charge in [-0.15, -0.1) is 12.4 Å². The fourth-order valence-corrected chi connectivity index (χ4v) is 4.45. The largest absolute Gasteiger partial charge is 0.356 e. The van der Waals surface area contributed by atoms with Crippen LogP contribution >= 0.6 is 24.2 Å². The Morgan fingerprint density at radius 2 is 2.08 bits per heavy atom. The zero-order valence-corrected chi connectivity index (χ0v) is 15.5. The highest BCUT2D eigenvalue weighted by Crippen LogP contribution is 2.58. The van der Waals surface area contributed by atoms with Gasteiger partial charge in [-0.3, -0.25) is 4.79 Å². The van der Waals surface area contributed by atoms with Crippen LogP contribution in [-0.4, -0.2) is 31.3 Å². The first-order valence-corrected chi connectivity index (χ1v) is 9.66. The van der Waals surface area contributed by atoms with Crippen LogP contribution in [0.4, 0.5) is 4.39 Å². The number of hydrogen-bond donors (Lipinski definition) is 2. The third kappa shape index (κ3) is 4.87. The predicted molar refractivity (Wildman–Crippen MR) is 100 cm³/mol. The number of benzene rings is 1. The zero-order chi connectivity index (χ0) is 16.1. The van der Waals surface area contributed by atoms with Crippen LogP contribution in [0.25, 0.3) is 0 Å². The summed E-state index contributed by atoms with van der Waals surface area (Å²) in [7, 11) is 0. The minimum Gasteiger partial charge on any atom is -0.356 e. The quantitative estimate of drug-likeness (QED) is 0.721. The van der Waals surface area contributed by atoms with E-state index in [9.17, 15) is 9.18 Å². The lowest BCUT2D eigenvalue weighted by molar-refractivity contribution is -0.123. The number of amides is 1. The van der Waals surface area contributed by atoms with Crippen molar-refractivity contribution in [3.8, 4) is 0 Å². The van der Waals surface area contributed by atoms with Gasteiger partial charge >= 0.3 is 0 Å². The lowest BCUT2D eigenvalue weighted by atomic mass is 9.92. The van der Waals surface area contributed by atoms with E-state index in [0.29, 0.717) is 11.2 Å². The number of hydrogen-bond acceptors (Lipinski definition) is 3. The van der Waals surface area contributed by atoms with E-state index in [0.717, 1.165) is 56.6 Å². The number of carbonyl (C=O) groups is 1. The molecule has 3 nitrogen and oxygen atoms in total. The molecule has 1 saturated carbocycles. The van der Waals surface area contributed by atoms with E-state index in [2.05, 4.69) is 10.6 Å². The standard InChI is InChI=1S/C18H25FN2OS.ClH/c19-16-5-2-1-4-14(16)13-23-11-3-8-21-17(22)15-12-18(15)6-9-20-10-7-18;/h1-2,4-5,15,20H,3,6-13H2,(H,21,22);1H. The molecule has 0 bridgehead atoms.